The molecule has 1 aromatic heterocycles. The van der Waals surface area contributed by atoms with E-state index < -0.39 is 6.04 Å². The van der Waals surface area contributed by atoms with Crippen LogP contribution in [0.1, 0.15) is 18.6 Å². The zero-order valence-electron chi connectivity index (χ0n) is 14.6. The maximum Gasteiger partial charge on any atom is 0.129 e. The van der Waals surface area contributed by atoms with E-state index in [4.69, 9.17) is 28.1 Å². The van der Waals surface area contributed by atoms with Crippen LogP contribution in [0.3, 0.4) is 0 Å². The van der Waals surface area contributed by atoms with Crippen LogP contribution in [0.25, 0.3) is 0 Å². The number of benzene rings is 2. The van der Waals surface area contributed by atoms with E-state index >= 15 is 0 Å². The molecular formula is C21H21ClNOPS. The third-order valence-electron chi connectivity index (χ3n) is 4.26. The van der Waals surface area contributed by atoms with Crippen molar-refractivity contribution < 1.29 is 4.74 Å². The number of rotatable bonds is 7. The lowest BCUT2D eigenvalue weighted by molar-refractivity contribution is 0.0792. The van der Waals surface area contributed by atoms with Crippen molar-refractivity contribution in [1.82, 2.24) is 4.98 Å². The van der Waals surface area contributed by atoms with Crippen LogP contribution in [0.4, 0.5) is 0 Å². The monoisotopic (exact) mass is 401 g/mol. The van der Waals surface area contributed by atoms with Gasteiger partial charge in [-0.15, -0.1) is 0 Å². The number of nitrogens with zero attached hydrogens (tertiary/aromatic N) is 1. The maximum atomic E-state index is 6.34. The number of hydrogen-bond donors (Lipinski definition) is 0. The first-order valence-electron chi connectivity index (χ1n) is 8.57. The minimum absolute atomic E-state index is 0.119. The summed E-state index contributed by atoms with van der Waals surface area (Å²) in [5, 5.41) is 2.87. The summed E-state index contributed by atoms with van der Waals surface area (Å²) in [4.78, 5) is 4.09. The molecule has 0 aliphatic carbocycles. The Kier molecular flexibility index (Phi) is 6.61. The van der Waals surface area contributed by atoms with Crippen LogP contribution in [0.5, 0.6) is 0 Å². The summed E-state index contributed by atoms with van der Waals surface area (Å²) >= 11 is 12.5. The van der Waals surface area contributed by atoms with E-state index in [0.29, 0.717) is 11.8 Å². The van der Waals surface area contributed by atoms with Crippen molar-refractivity contribution in [2.45, 2.75) is 13.0 Å². The molecule has 134 valence electrons. The Labute approximate surface area is 165 Å². The first-order valence-corrected chi connectivity index (χ1v) is 11.9. The van der Waals surface area contributed by atoms with Crippen molar-refractivity contribution in [3.8, 4) is 0 Å². The first-order chi connectivity index (χ1) is 12.6. The number of halogens is 1. The third kappa shape index (κ3) is 4.42. The second-order valence-corrected chi connectivity index (χ2v) is 11.1. The summed E-state index contributed by atoms with van der Waals surface area (Å²) in [6.45, 7) is 2.62. The summed E-state index contributed by atoms with van der Waals surface area (Å²) in [5.41, 5.74) is 1.02. The van der Waals surface area contributed by atoms with Crippen molar-refractivity contribution in [3.63, 3.8) is 0 Å². The zero-order chi connectivity index (χ0) is 18.4. The third-order valence-corrected chi connectivity index (χ3v) is 9.29. The summed E-state index contributed by atoms with van der Waals surface area (Å²) in [7, 11) is 0. The minimum Gasteiger partial charge on any atom is -0.373 e. The Hall–Kier alpha value is -1.51. The number of pyridine rings is 1. The summed E-state index contributed by atoms with van der Waals surface area (Å²) in [6.07, 6.45) is 2.34. The average Bonchev–Trinajstić information content (AvgIpc) is 2.69. The smallest absolute Gasteiger partial charge is 0.129 e. The fraction of sp³-hybridized carbons (Fsp3) is 0.190. The highest BCUT2D eigenvalue weighted by Gasteiger charge is 2.28. The van der Waals surface area contributed by atoms with Gasteiger partial charge in [-0.05, 0) is 35.2 Å². The van der Waals surface area contributed by atoms with Crippen molar-refractivity contribution in [1.29, 1.82) is 0 Å². The highest BCUT2D eigenvalue weighted by Crippen LogP contribution is 2.47. The van der Waals surface area contributed by atoms with E-state index in [1.165, 1.54) is 10.6 Å². The van der Waals surface area contributed by atoms with Gasteiger partial charge < -0.3 is 4.74 Å². The Morgan fingerprint density at radius 2 is 1.58 bits per heavy atom. The van der Waals surface area contributed by atoms with Gasteiger partial charge in [-0.3, -0.25) is 0 Å². The molecule has 0 radical (unpaired) electrons. The molecule has 1 atom stereocenters. The van der Waals surface area contributed by atoms with Crippen LogP contribution in [0, 0.1) is 0 Å². The molecule has 2 aromatic carbocycles. The predicted molar refractivity (Wildman–Crippen MR) is 115 cm³/mol. The van der Waals surface area contributed by atoms with Crippen LogP contribution in [0.2, 0.25) is 5.15 Å². The van der Waals surface area contributed by atoms with Gasteiger partial charge in [0.05, 0.1) is 6.10 Å². The summed E-state index contributed by atoms with van der Waals surface area (Å²) < 4.78 is 6.10. The van der Waals surface area contributed by atoms with E-state index in [0.717, 1.165) is 11.7 Å². The zero-order valence-corrected chi connectivity index (χ0v) is 17.1. The molecule has 5 heteroatoms. The molecule has 0 saturated heterocycles. The molecule has 0 bridgehead atoms. The van der Waals surface area contributed by atoms with E-state index in [2.05, 4.69) is 53.5 Å². The van der Waals surface area contributed by atoms with Crippen molar-refractivity contribution in [2.75, 3.05) is 12.8 Å². The van der Waals surface area contributed by atoms with Crippen molar-refractivity contribution in [3.05, 3.63) is 89.7 Å². The second kappa shape index (κ2) is 8.92. The average molecular weight is 402 g/mol. The maximum absolute atomic E-state index is 6.34. The fourth-order valence-electron chi connectivity index (χ4n) is 3.00. The largest absolute Gasteiger partial charge is 0.373 e. The van der Waals surface area contributed by atoms with Crippen LogP contribution >= 0.6 is 17.6 Å². The standard InChI is InChI=1S/C21H21ClNOPS/c1-2-24-20(17-13-14-23-21(22)15-17)16-25(26,18-9-5-3-6-10-18)19-11-7-4-8-12-19/h3-15,20H,2,16H2,1H3. The van der Waals surface area contributed by atoms with Gasteiger partial charge in [-0.2, -0.15) is 0 Å². The highest BCUT2D eigenvalue weighted by atomic mass is 35.5. The first kappa shape index (κ1) is 19.3. The molecule has 0 amide bonds. The van der Waals surface area contributed by atoms with E-state index in [9.17, 15) is 0 Å². The van der Waals surface area contributed by atoms with E-state index in [-0.39, 0.29) is 6.10 Å². The molecule has 3 aromatic rings. The molecule has 3 rings (SSSR count). The number of aromatic nitrogens is 1. The lowest BCUT2D eigenvalue weighted by Gasteiger charge is -2.28. The summed E-state index contributed by atoms with van der Waals surface area (Å²) in [6, 6.07) is 22.6. The molecule has 1 unspecified atom stereocenters. The van der Waals surface area contributed by atoms with E-state index in [1.807, 2.05) is 31.2 Å². The van der Waals surface area contributed by atoms with Gasteiger partial charge >= 0.3 is 0 Å². The molecule has 2 nitrogen and oxygen atoms in total. The van der Waals surface area contributed by atoms with E-state index in [1.54, 1.807) is 6.20 Å². The fourth-order valence-corrected chi connectivity index (χ4v) is 7.13. The molecule has 0 spiro atoms. The van der Waals surface area contributed by atoms with Crippen LogP contribution < -0.4 is 10.6 Å². The number of hydrogen-bond acceptors (Lipinski definition) is 3. The Morgan fingerprint density at radius 1 is 1.00 bits per heavy atom. The van der Waals surface area contributed by atoms with Crippen LogP contribution in [0.15, 0.2) is 79.0 Å². The molecule has 26 heavy (non-hydrogen) atoms. The number of ether oxygens (including phenoxy) is 1. The second-order valence-electron chi connectivity index (χ2n) is 5.95. The Morgan fingerprint density at radius 3 is 2.08 bits per heavy atom. The lowest BCUT2D eigenvalue weighted by atomic mass is 10.2. The molecule has 0 aliphatic heterocycles. The predicted octanol–water partition coefficient (Wildman–Crippen LogP) is 4.94. The molecular weight excluding hydrogens is 381 g/mol. The topological polar surface area (TPSA) is 22.1 Å². The Balaban J connectivity index is 2.05. The van der Waals surface area contributed by atoms with Gasteiger partial charge in [-0.25, -0.2) is 4.98 Å². The Bertz CT molecular complexity index is 845. The molecule has 0 fully saturated rings. The molecule has 0 saturated carbocycles. The van der Waals surface area contributed by atoms with Gasteiger partial charge in [0.15, 0.2) is 0 Å². The van der Waals surface area contributed by atoms with Gasteiger partial charge in [0.2, 0.25) is 0 Å². The van der Waals surface area contributed by atoms with Gasteiger partial charge in [-0.1, -0.05) is 84.1 Å². The van der Waals surface area contributed by atoms with Crippen LogP contribution in [-0.4, -0.2) is 17.8 Å². The van der Waals surface area contributed by atoms with Crippen molar-refractivity contribution in [2.24, 2.45) is 0 Å². The SMILES string of the molecule is CCOC(CP(=S)(c1ccccc1)c1ccccc1)c1ccnc(Cl)c1. The van der Waals surface area contributed by atoms with Crippen LogP contribution in [-0.2, 0) is 16.5 Å². The lowest BCUT2D eigenvalue weighted by Crippen LogP contribution is -2.22. The quantitative estimate of drug-likeness (QED) is 0.413. The normalized spacial score (nSPS) is 12.7. The molecule has 0 N–H and O–H groups in total. The van der Waals surface area contributed by atoms with Crippen molar-refractivity contribution >= 4 is 40.1 Å². The molecule has 0 aliphatic rings. The molecule has 1 heterocycles. The van der Waals surface area contributed by atoms with Gasteiger partial charge in [0.25, 0.3) is 0 Å². The highest BCUT2D eigenvalue weighted by molar-refractivity contribution is 8.21. The summed E-state index contributed by atoms with van der Waals surface area (Å²) in [5.74, 6) is 0. The van der Waals surface area contributed by atoms with Gasteiger partial charge in [0.1, 0.15) is 5.15 Å². The minimum atomic E-state index is -2.05. The van der Waals surface area contributed by atoms with Gasteiger partial charge in [0, 0.05) is 25.0 Å².